The number of carbonyl (C=O) groups is 1. The van der Waals surface area contributed by atoms with Crippen LogP contribution in [0.1, 0.15) is 37.9 Å². The first-order valence-corrected chi connectivity index (χ1v) is 8.30. The molecular formula is C18H25NO3. The first-order chi connectivity index (χ1) is 10.7. The Kier molecular flexibility index (Phi) is 4.79. The van der Waals surface area contributed by atoms with Crippen LogP contribution in [0.2, 0.25) is 0 Å². The van der Waals surface area contributed by atoms with Crippen molar-refractivity contribution in [3.05, 3.63) is 35.9 Å². The predicted molar refractivity (Wildman–Crippen MR) is 84.2 cm³/mol. The number of nitrogens with zero attached hydrogens (tertiary/aromatic N) is 1. The van der Waals surface area contributed by atoms with Crippen molar-refractivity contribution in [1.29, 1.82) is 0 Å². The van der Waals surface area contributed by atoms with Crippen LogP contribution in [0.15, 0.2) is 30.3 Å². The summed E-state index contributed by atoms with van der Waals surface area (Å²) in [5.74, 6) is 0.309. The van der Waals surface area contributed by atoms with Gasteiger partial charge in [-0.25, -0.2) is 0 Å². The van der Waals surface area contributed by atoms with Gasteiger partial charge in [0.15, 0.2) is 0 Å². The fourth-order valence-corrected chi connectivity index (χ4v) is 3.62. The standard InChI is InChI=1S/C18H25NO3/c1-13(20)15-9-10-19(12-15)18(21)16-8-5-11-22-17(16)14-6-3-2-4-7-14/h2-4,6-7,13,15-17,20H,5,8-12H2,1H3. The number of benzene rings is 1. The lowest BCUT2D eigenvalue weighted by Gasteiger charge is -2.34. The molecule has 0 spiro atoms. The summed E-state index contributed by atoms with van der Waals surface area (Å²) in [6.45, 7) is 3.97. The van der Waals surface area contributed by atoms with Gasteiger partial charge in [0.05, 0.1) is 18.1 Å². The Bertz CT molecular complexity index is 502. The molecule has 2 saturated heterocycles. The zero-order valence-corrected chi connectivity index (χ0v) is 13.1. The number of aliphatic hydroxyl groups excluding tert-OH is 1. The molecule has 0 radical (unpaired) electrons. The van der Waals surface area contributed by atoms with Crippen LogP contribution < -0.4 is 0 Å². The summed E-state index contributed by atoms with van der Waals surface area (Å²) < 4.78 is 5.93. The minimum Gasteiger partial charge on any atom is -0.393 e. The number of hydrogen-bond donors (Lipinski definition) is 1. The highest BCUT2D eigenvalue weighted by atomic mass is 16.5. The van der Waals surface area contributed by atoms with Crippen LogP contribution in [0.5, 0.6) is 0 Å². The van der Waals surface area contributed by atoms with Crippen molar-refractivity contribution < 1.29 is 14.6 Å². The van der Waals surface area contributed by atoms with Crippen LogP contribution in [0.25, 0.3) is 0 Å². The lowest BCUT2D eigenvalue weighted by molar-refractivity contribution is -0.144. The number of aliphatic hydroxyl groups is 1. The molecular weight excluding hydrogens is 278 g/mol. The molecule has 2 aliphatic heterocycles. The molecule has 2 fully saturated rings. The maximum absolute atomic E-state index is 12.9. The Morgan fingerprint density at radius 2 is 2.09 bits per heavy atom. The number of ether oxygens (including phenoxy) is 1. The van der Waals surface area contributed by atoms with Gasteiger partial charge in [-0.1, -0.05) is 30.3 Å². The number of hydrogen-bond acceptors (Lipinski definition) is 3. The molecule has 0 aliphatic carbocycles. The molecule has 4 atom stereocenters. The Labute approximate surface area is 132 Å². The number of rotatable bonds is 3. The summed E-state index contributed by atoms with van der Waals surface area (Å²) in [5.41, 5.74) is 1.09. The van der Waals surface area contributed by atoms with Crippen molar-refractivity contribution in [2.75, 3.05) is 19.7 Å². The van der Waals surface area contributed by atoms with E-state index in [0.29, 0.717) is 6.54 Å². The van der Waals surface area contributed by atoms with E-state index in [9.17, 15) is 9.90 Å². The van der Waals surface area contributed by atoms with Gasteiger partial charge in [0.1, 0.15) is 0 Å². The molecule has 1 aromatic rings. The lowest BCUT2D eigenvalue weighted by atomic mass is 9.88. The molecule has 22 heavy (non-hydrogen) atoms. The van der Waals surface area contributed by atoms with E-state index < -0.39 is 0 Å². The molecule has 3 rings (SSSR count). The second kappa shape index (κ2) is 6.80. The van der Waals surface area contributed by atoms with Crippen molar-refractivity contribution in [3.8, 4) is 0 Å². The van der Waals surface area contributed by atoms with Crippen LogP contribution >= 0.6 is 0 Å². The molecule has 1 N–H and O–H groups in total. The lowest BCUT2D eigenvalue weighted by Crippen LogP contribution is -2.40. The average Bonchev–Trinajstić information content (AvgIpc) is 3.05. The van der Waals surface area contributed by atoms with E-state index in [-0.39, 0.29) is 30.0 Å². The highest BCUT2D eigenvalue weighted by Gasteiger charge is 2.38. The van der Waals surface area contributed by atoms with Crippen molar-refractivity contribution in [2.45, 2.75) is 38.4 Å². The average molecular weight is 303 g/mol. The van der Waals surface area contributed by atoms with Gasteiger partial charge in [0, 0.05) is 25.6 Å². The van der Waals surface area contributed by atoms with Crippen LogP contribution in [0.3, 0.4) is 0 Å². The van der Waals surface area contributed by atoms with Gasteiger partial charge in [-0.3, -0.25) is 4.79 Å². The molecule has 120 valence electrons. The molecule has 1 amide bonds. The zero-order chi connectivity index (χ0) is 15.5. The van der Waals surface area contributed by atoms with Gasteiger partial charge in [0.25, 0.3) is 0 Å². The van der Waals surface area contributed by atoms with E-state index in [0.717, 1.165) is 38.0 Å². The Hall–Kier alpha value is -1.39. The van der Waals surface area contributed by atoms with Gasteiger partial charge in [0.2, 0.25) is 5.91 Å². The van der Waals surface area contributed by atoms with E-state index in [4.69, 9.17) is 4.74 Å². The molecule has 2 heterocycles. The Balaban J connectivity index is 1.72. The molecule has 4 unspecified atom stereocenters. The summed E-state index contributed by atoms with van der Waals surface area (Å²) in [4.78, 5) is 14.8. The monoisotopic (exact) mass is 303 g/mol. The fraction of sp³-hybridized carbons (Fsp3) is 0.611. The van der Waals surface area contributed by atoms with Gasteiger partial charge in [-0.15, -0.1) is 0 Å². The molecule has 2 aliphatic rings. The summed E-state index contributed by atoms with van der Waals surface area (Å²) in [7, 11) is 0. The van der Waals surface area contributed by atoms with E-state index in [1.54, 1.807) is 0 Å². The first kappa shape index (κ1) is 15.5. The van der Waals surface area contributed by atoms with Gasteiger partial charge in [-0.05, 0) is 31.7 Å². The molecule has 0 aromatic heterocycles. The fourth-order valence-electron chi connectivity index (χ4n) is 3.62. The maximum atomic E-state index is 12.9. The predicted octanol–water partition coefficient (Wildman–Crippen LogP) is 2.38. The zero-order valence-electron chi connectivity index (χ0n) is 13.1. The Morgan fingerprint density at radius 1 is 1.32 bits per heavy atom. The largest absolute Gasteiger partial charge is 0.393 e. The molecule has 0 saturated carbocycles. The molecule has 0 bridgehead atoms. The normalized spacial score (nSPS) is 30.3. The van der Waals surface area contributed by atoms with Crippen LogP contribution in [-0.2, 0) is 9.53 Å². The summed E-state index contributed by atoms with van der Waals surface area (Å²) in [6, 6.07) is 10.1. The quantitative estimate of drug-likeness (QED) is 0.933. The van der Waals surface area contributed by atoms with E-state index >= 15 is 0 Å². The van der Waals surface area contributed by atoms with Crippen LogP contribution in [0, 0.1) is 11.8 Å². The highest BCUT2D eigenvalue weighted by Crippen LogP contribution is 2.36. The SMILES string of the molecule is CC(O)C1CCN(C(=O)C2CCCOC2c2ccccc2)C1. The van der Waals surface area contributed by atoms with Crippen molar-refractivity contribution >= 4 is 5.91 Å². The minimum absolute atomic E-state index is 0.0936. The van der Waals surface area contributed by atoms with E-state index in [2.05, 4.69) is 0 Å². The second-order valence-electron chi connectivity index (χ2n) is 6.52. The Morgan fingerprint density at radius 3 is 2.77 bits per heavy atom. The first-order valence-electron chi connectivity index (χ1n) is 8.30. The van der Waals surface area contributed by atoms with Crippen molar-refractivity contribution in [1.82, 2.24) is 4.90 Å². The highest BCUT2D eigenvalue weighted by molar-refractivity contribution is 5.80. The third kappa shape index (κ3) is 3.18. The molecule has 4 nitrogen and oxygen atoms in total. The van der Waals surface area contributed by atoms with Crippen LogP contribution in [-0.4, -0.2) is 41.7 Å². The second-order valence-corrected chi connectivity index (χ2v) is 6.52. The van der Waals surface area contributed by atoms with E-state index in [1.165, 1.54) is 0 Å². The number of amides is 1. The summed E-state index contributed by atoms with van der Waals surface area (Å²) >= 11 is 0. The number of likely N-dealkylation sites (tertiary alicyclic amines) is 1. The topological polar surface area (TPSA) is 49.8 Å². The summed E-state index contributed by atoms with van der Waals surface area (Å²) in [6.07, 6.45) is 2.24. The van der Waals surface area contributed by atoms with Crippen molar-refractivity contribution in [3.63, 3.8) is 0 Å². The van der Waals surface area contributed by atoms with Gasteiger partial charge < -0.3 is 14.7 Å². The smallest absolute Gasteiger partial charge is 0.228 e. The third-order valence-electron chi connectivity index (χ3n) is 4.99. The maximum Gasteiger partial charge on any atom is 0.228 e. The molecule has 4 heteroatoms. The minimum atomic E-state index is -0.342. The molecule has 1 aromatic carbocycles. The third-order valence-corrected chi connectivity index (χ3v) is 4.99. The number of carbonyl (C=O) groups excluding carboxylic acids is 1. The van der Waals surface area contributed by atoms with Gasteiger partial charge >= 0.3 is 0 Å². The van der Waals surface area contributed by atoms with E-state index in [1.807, 2.05) is 42.2 Å². The van der Waals surface area contributed by atoms with Gasteiger partial charge in [-0.2, -0.15) is 0 Å². The summed E-state index contributed by atoms with van der Waals surface area (Å²) in [5, 5.41) is 9.73. The van der Waals surface area contributed by atoms with Crippen LogP contribution in [0.4, 0.5) is 0 Å². The van der Waals surface area contributed by atoms with Crippen molar-refractivity contribution in [2.24, 2.45) is 11.8 Å².